The molecule has 128 valence electrons. The average Bonchev–Trinajstić information content (AvgIpc) is 2.93. The fourth-order valence-corrected chi connectivity index (χ4v) is 2.45. The summed E-state index contributed by atoms with van der Waals surface area (Å²) in [5.41, 5.74) is 2.25. The quantitative estimate of drug-likeness (QED) is 0.791. The monoisotopic (exact) mass is 340 g/mol. The molecule has 0 fully saturated rings. The highest BCUT2D eigenvalue weighted by Gasteiger charge is 2.13. The third-order valence-electron chi connectivity index (χ3n) is 3.65. The molecule has 0 saturated heterocycles. The summed E-state index contributed by atoms with van der Waals surface area (Å²) in [6.45, 7) is 3.84. The van der Waals surface area contributed by atoms with Crippen LogP contribution in [0.25, 0.3) is 5.82 Å². The number of halogens is 1. The number of anilines is 1. The van der Waals surface area contributed by atoms with E-state index in [4.69, 9.17) is 4.74 Å². The number of rotatable bonds is 4. The molecule has 3 aromatic rings. The van der Waals surface area contributed by atoms with Gasteiger partial charge in [-0.3, -0.25) is 4.79 Å². The Morgan fingerprint density at radius 2 is 2.00 bits per heavy atom. The van der Waals surface area contributed by atoms with Gasteiger partial charge in [-0.05, 0) is 44.2 Å². The van der Waals surface area contributed by atoms with Gasteiger partial charge in [0.15, 0.2) is 5.82 Å². The van der Waals surface area contributed by atoms with Crippen molar-refractivity contribution in [1.29, 1.82) is 0 Å². The van der Waals surface area contributed by atoms with E-state index >= 15 is 0 Å². The van der Waals surface area contributed by atoms with E-state index < -0.39 is 11.7 Å². The Kier molecular flexibility index (Phi) is 4.47. The largest absolute Gasteiger partial charge is 0.497 e. The summed E-state index contributed by atoms with van der Waals surface area (Å²) >= 11 is 0. The summed E-state index contributed by atoms with van der Waals surface area (Å²) < 4.78 is 20.6. The highest BCUT2D eigenvalue weighted by atomic mass is 19.1. The van der Waals surface area contributed by atoms with Crippen LogP contribution in [0.3, 0.4) is 0 Å². The fourth-order valence-electron chi connectivity index (χ4n) is 2.45. The second-order valence-electron chi connectivity index (χ2n) is 5.54. The Bertz CT molecular complexity index is 919. The second-order valence-corrected chi connectivity index (χ2v) is 5.54. The van der Waals surface area contributed by atoms with Gasteiger partial charge in [-0.25, -0.2) is 14.1 Å². The third-order valence-corrected chi connectivity index (χ3v) is 3.65. The topological polar surface area (TPSA) is 69.0 Å². The van der Waals surface area contributed by atoms with E-state index in [1.807, 2.05) is 19.9 Å². The van der Waals surface area contributed by atoms with Gasteiger partial charge in [-0.1, -0.05) is 0 Å². The van der Waals surface area contributed by atoms with E-state index in [9.17, 15) is 9.18 Å². The van der Waals surface area contributed by atoms with Crippen molar-refractivity contribution in [3.05, 3.63) is 65.4 Å². The minimum absolute atomic E-state index is 0.0663. The molecule has 3 rings (SSSR count). The first kappa shape index (κ1) is 16.6. The number of amides is 1. The normalized spacial score (nSPS) is 10.6. The summed E-state index contributed by atoms with van der Waals surface area (Å²) in [6.07, 6.45) is 1.51. The molecule has 2 aromatic heterocycles. The molecule has 0 aliphatic rings. The highest BCUT2D eigenvalue weighted by Crippen LogP contribution is 2.18. The zero-order valence-corrected chi connectivity index (χ0v) is 14.1. The molecular formula is C18H17FN4O2. The van der Waals surface area contributed by atoms with Crippen LogP contribution in [-0.2, 0) is 0 Å². The molecule has 1 aromatic carbocycles. The maximum Gasteiger partial charge on any atom is 0.258 e. The van der Waals surface area contributed by atoms with Gasteiger partial charge in [0.2, 0.25) is 0 Å². The first-order valence-corrected chi connectivity index (χ1v) is 7.62. The number of carbonyl (C=O) groups excluding carboxylic acids is 1. The summed E-state index contributed by atoms with van der Waals surface area (Å²) in [5, 5.41) is 6.98. The minimum Gasteiger partial charge on any atom is -0.497 e. The smallest absolute Gasteiger partial charge is 0.258 e. The van der Waals surface area contributed by atoms with Crippen LogP contribution in [-0.4, -0.2) is 27.8 Å². The first-order valence-electron chi connectivity index (χ1n) is 7.62. The van der Waals surface area contributed by atoms with Crippen molar-refractivity contribution < 1.29 is 13.9 Å². The predicted molar refractivity (Wildman–Crippen MR) is 91.7 cm³/mol. The molecular weight excluding hydrogens is 323 g/mol. The first-order chi connectivity index (χ1) is 12.0. The molecule has 1 N–H and O–H groups in total. The summed E-state index contributed by atoms with van der Waals surface area (Å²) in [6, 6.07) is 9.45. The second kappa shape index (κ2) is 6.72. The Balaban J connectivity index is 1.77. The number of aryl methyl sites for hydroxylation is 2. The Morgan fingerprint density at radius 3 is 2.56 bits per heavy atom. The Labute approximate surface area is 144 Å². The van der Waals surface area contributed by atoms with Gasteiger partial charge in [-0.2, -0.15) is 5.10 Å². The van der Waals surface area contributed by atoms with Crippen molar-refractivity contribution in [3.63, 3.8) is 0 Å². The number of carbonyl (C=O) groups is 1. The van der Waals surface area contributed by atoms with Gasteiger partial charge in [0.1, 0.15) is 11.6 Å². The van der Waals surface area contributed by atoms with Crippen LogP contribution in [0.5, 0.6) is 5.75 Å². The van der Waals surface area contributed by atoms with Gasteiger partial charge < -0.3 is 10.1 Å². The molecule has 1 amide bonds. The number of nitrogens with zero attached hydrogens (tertiary/aromatic N) is 3. The van der Waals surface area contributed by atoms with Crippen molar-refractivity contribution >= 4 is 11.6 Å². The molecule has 7 heteroatoms. The number of hydrogen-bond donors (Lipinski definition) is 1. The summed E-state index contributed by atoms with van der Waals surface area (Å²) in [7, 11) is 1.44. The zero-order valence-electron chi connectivity index (χ0n) is 14.1. The number of methoxy groups -OCH3 is 1. The van der Waals surface area contributed by atoms with E-state index in [1.165, 1.54) is 31.5 Å². The van der Waals surface area contributed by atoms with Crippen molar-refractivity contribution in [2.45, 2.75) is 13.8 Å². The predicted octanol–water partition coefficient (Wildman–Crippen LogP) is 3.28. The summed E-state index contributed by atoms with van der Waals surface area (Å²) in [4.78, 5) is 16.5. The third kappa shape index (κ3) is 3.50. The molecule has 0 radical (unpaired) electrons. The fraction of sp³-hybridized carbons (Fsp3) is 0.167. The maximum atomic E-state index is 14.0. The van der Waals surface area contributed by atoms with E-state index in [0.29, 0.717) is 17.3 Å². The van der Waals surface area contributed by atoms with Crippen LogP contribution in [0, 0.1) is 19.7 Å². The lowest BCUT2D eigenvalue weighted by Crippen LogP contribution is -2.14. The minimum atomic E-state index is -0.649. The van der Waals surface area contributed by atoms with Crippen LogP contribution in [0.2, 0.25) is 0 Å². The van der Waals surface area contributed by atoms with Gasteiger partial charge in [0.05, 0.1) is 30.3 Å². The van der Waals surface area contributed by atoms with Gasteiger partial charge >= 0.3 is 0 Å². The van der Waals surface area contributed by atoms with E-state index in [2.05, 4.69) is 15.4 Å². The van der Waals surface area contributed by atoms with Crippen molar-refractivity contribution in [1.82, 2.24) is 14.8 Å². The van der Waals surface area contributed by atoms with Crippen LogP contribution < -0.4 is 10.1 Å². The molecule has 0 atom stereocenters. The van der Waals surface area contributed by atoms with Gasteiger partial charge in [0.25, 0.3) is 5.91 Å². The standard InChI is InChI=1S/C18H17FN4O2/c1-11-8-12(2)23(22-11)17-7-4-13(10-20-17)21-18(24)15-6-5-14(25-3)9-16(15)19/h4-10H,1-3H3,(H,21,24). The van der Waals surface area contributed by atoms with Gasteiger partial charge in [-0.15, -0.1) is 0 Å². The van der Waals surface area contributed by atoms with Crippen LogP contribution >= 0.6 is 0 Å². The lowest BCUT2D eigenvalue weighted by Gasteiger charge is -2.08. The van der Waals surface area contributed by atoms with E-state index in [-0.39, 0.29) is 5.56 Å². The van der Waals surface area contributed by atoms with Crippen molar-refractivity contribution in [3.8, 4) is 11.6 Å². The number of ether oxygens (including phenoxy) is 1. The number of hydrogen-bond acceptors (Lipinski definition) is 4. The van der Waals surface area contributed by atoms with Gasteiger partial charge in [0, 0.05) is 11.8 Å². The molecule has 0 unspecified atom stereocenters. The van der Waals surface area contributed by atoms with E-state index in [0.717, 1.165) is 11.4 Å². The molecule has 0 aliphatic heterocycles. The highest BCUT2D eigenvalue weighted by molar-refractivity contribution is 6.04. The molecule has 2 heterocycles. The zero-order chi connectivity index (χ0) is 18.0. The van der Waals surface area contributed by atoms with E-state index in [1.54, 1.807) is 16.8 Å². The molecule has 0 saturated carbocycles. The van der Waals surface area contributed by atoms with Crippen molar-refractivity contribution in [2.75, 3.05) is 12.4 Å². The van der Waals surface area contributed by atoms with Crippen LogP contribution in [0.1, 0.15) is 21.7 Å². The lowest BCUT2D eigenvalue weighted by atomic mass is 10.2. The molecule has 0 bridgehead atoms. The molecule has 0 spiro atoms. The number of aromatic nitrogens is 3. The lowest BCUT2D eigenvalue weighted by molar-refractivity contribution is 0.102. The average molecular weight is 340 g/mol. The molecule has 6 nitrogen and oxygen atoms in total. The number of nitrogens with one attached hydrogen (secondary N) is 1. The Morgan fingerprint density at radius 1 is 1.20 bits per heavy atom. The number of pyridine rings is 1. The maximum absolute atomic E-state index is 14.0. The van der Waals surface area contributed by atoms with Crippen LogP contribution in [0.4, 0.5) is 10.1 Å². The Hall–Kier alpha value is -3.22. The molecule has 0 aliphatic carbocycles. The SMILES string of the molecule is COc1ccc(C(=O)Nc2ccc(-n3nc(C)cc3C)nc2)c(F)c1. The number of benzene rings is 1. The van der Waals surface area contributed by atoms with Crippen LogP contribution in [0.15, 0.2) is 42.6 Å². The summed E-state index contributed by atoms with van der Waals surface area (Å²) in [5.74, 6) is -0.214. The van der Waals surface area contributed by atoms with Crippen molar-refractivity contribution in [2.24, 2.45) is 0 Å². The molecule has 25 heavy (non-hydrogen) atoms.